The molecule has 5 heteroatoms. The number of carbonyl (C=O) groups excluding carboxylic acids is 1. The van der Waals surface area contributed by atoms with Crippen LogP contribution in [0.15, 0.2) is 22.7 Å². The third kappa shape index (κ3) is 3.13. The van der Waals surface area contributed by atoms with Gasteiger partial charge in [0.05, 0.1) is 0 Å². The number of rotatable bonds is 3. The van der Waals surface area contributed by atoms with Crippen LogP contribution in [-0.2, 0) is 0 Å². The van der Waals surface area contributed by atoms with Crippen LogP contribution in [0.2, 0.25) is 0 Å². The van der Waals surface area contributed by atoms with Gasteiger partial charge >= 0.3 is 6.03 Å². The number of amides is 2. The van der Waals surface area contributed by atoms with Gasteiger partial charge in [-0.3, -0.25) is 0 Å². The van der Waals surface area contributed by atoms with Gasteiger partial charge in [-0.25, -0.2) is 4.79 Å². The predicted octanol–water partition coefficient (Wildman–Crippen LogP) is 2.91. The maximum absolute atomic E-state index is 11.7. The fraction of sp³-hybridized carbons (Fsp3) is 0.364. The Morgan fingerprint density at radius 2 is 2.06 bits per heavy atom. The van der Waals surface area contributed by atoms with E-state index < -0.39 is 0 Å². The van der Waals surface area contributed by atoms with Crippen molar-refractivity contribution in [3.63, 3.8) is 0 Å². The molecule has 88 valence electrons. The van der Waals surface area contributed by atoms with Crippen LogP contribution >= 0.6 is 15.9 Å². The topological polar surface area (TPSA) is 58.4 Å². The Morgan fingerprint density at radius 1 is 1.44 bits per heavy atom. The Balaban J connectivity index is 2.73. The number of carbonyl (C=O) groups is 1. The fourth-order valence-corrected chi connectivity index (χ4v) is 1.58. The van der Waals surface area contributed by atoms with Crippen molar-refractivity contribution in [3.05, 3.63) is 22.7 Å². The number of urea groups is 1. The molecule has 0 bridgehead atoms. The molecule has 0 fully saturated rings. The molecule has 16 heavy (non-hydrogen) atoms. The zero-order valence-electron chi connectivity index (χ0n) is 9.46. The van der Waals surface area contributed by atoms with Gasteiger partial charge in [0.15, 0.2) is 0 Å². The normalized spacial score (nSPS) is 9.94. The lowest BCUT2D eigenvalue weighted by Gasteiger charge is -2.19. The van der Waals surface area contributed by atoms with Crippen LogP contribution in [-0.4, -0.2) is 24.0 Å². The van der Waals surface area contributed by atoms with Gasteiger partial charge in [0.1, 0.15) is 0 Å². The number of hydrogen-bond donors (Lipinski definition) is 2. The molecular weight excluding hydrogens is 270 g/mol. The van der Waals surface area contributed by atoms with Crippen LogP contribution in [0.25, 0.3) is 0 Å². The number of nitrogens with one attached hydrogen (secondary N) is 1. The van der Waals surface area contributed by atoms with E-state index >= 15 is 0 Å². The number of hydrogen-bond acceptors (Lipinski definition) is 2. The summed E-state index contributed by atoms with van der Waals surface area (Å²) >= 11 is 3.30. The smallest absolute Gasteiger partial charge is 0.321 e. The minimum absolute atomic E-state index is 0.105. The van der Waals surface area contributed by atoms with E-state index in [0.29, 0.717) is 24.5 Å². The second-order valence-corrected chi connectivity index (χ2v) is 4.19. The zero-order valence-corrected chi connectivity index (χ0v) is 11.0. The number of anilines is 2. The summed E-state index contributed by atoms with van der Waals surface area (Å²) in [5, 5.41) is 2.80. The zero-order chi connectivity index (χ0) is 12.1. The Morgan fingerprint density at radius 3 is 2.56 bits per heavy atom. The molecule has 4 nitrogen and oxygen atoms in total. The fourth-order valence-electron chi connectivity index (χ4n) is 1.33. The van der Waals surface area contributed by atoms with Gasteiger partial charge in [-0.1, -0.05) is 0 Å². The van der Waals surface area contributed by atoms with E-state index in [-0.39, 0.29) is 6.03 Å². The molecule has 1 aromatic carbocycles. The van der Waals surface area contributed by atoms with Crippen LogP contribution in [0.5, 0.6) is 0 Å². The van der Waals surface area contributed by atoms with Crippen molar-refractivity contribution in [1.82, 2.24) is 4.90 Å². The number of nitrogen functional groups attached to an aromatic ring is 1. The van der Waals surface area contributed by atoms with Gasteiger partial charge in [-0.05, 0) is 48.0 Å². The lowest BCUT2D eigenvalue weighted by atomic mass is 10.3. The molecule has 1 aromatic rings. The summed E-state index contributed by atoms with van der Waals surface area (Å²) in [6, 6.07) is 5.24. The highest BCUT2D eigenvalue weighted by Gasteiger charge is 2.09. The molecule has 0 saturated heterocycles. The summed E-state index contributed by atoms with van der Waals surface area (Å²) in [5.41, 5.74) is 7.04. The van der Waals surface area contributed by atoms with Gasteiger partial charge < -0.3 is 16.0 Å². The first kappa shape index (κ1) is 12.8. The van der Waals surface area contributed by atoms with Gasteiger partial charge in [0.25, 0.3) is 0 Å². The monoisotopic (exact) mass is 285 g/mol. The molecule has 0 aliphatic carbocycles. The summed E-state index contributed by atoms with van der Waals surface area (Å²) in [6.45, 7) is 5.26. The van der Waals surface area contributed by atoms with Crippen LogP contribution < -0.4 is 11.1 Å². The van der Waals surface area contributed by atoms with Gasteiger partial charge in [-0.2, -0.15) is 0 Å². The van der Waals surface area contributed by atoms with E-state index in [9.17, 15) is 4.79 Å². The average Bonchev–Trinajstić information content (AvgIpc) is 2.25. The van der Waals surface area contributed by atoms with Crippen molar-refractivity contribution in [3.8, 4) is 0 Å². The summed E-state index contributed by atoms with van der Waals surface area (Å²) in [7, 11) is 0. The highest BCUT2D eigenvalue weighted by atomic mass is 79.9. The van der Waals surface area contributed by atoms with Crippen molar-refractivity contribution >= 4 is 33.3 Å². The van der Waals surface area contributed by atoms with E-state index in [1.165, 1.54) is 0 Å². The van der Waals surface area contributed by atoms with Crippen molar-refractivity contribution < 1.29 is 4.79 Å². The first-order valence-electron chi connectivity index (χ1n) is 5.19. The standard InChI is InChI=1S/C11H16BrN3O/c1-3-15(4-2)11(16)14-8-5-6-9(12)10(13)7-8/h5-7H,3-4,13H2,1-2H3,(H,14,16). The Labute approximate surface area is 104 Å². The molecule has 0 radical (unpaired) electrons. The van der Waals surface area contributed by atoms with Crippen LogP contribution in [0.4, 0.5) is 16.2 Å². The van der Waals surface area contributed by atoms with Crippen molar-refractivity contribution in [2.75, 3.05) is 24.1 Å². The molecule has 0 aromatic heterocycles. The SMILES string of the molecule is CCN(CC)C(=O)Nc1ccc(Br)c(N)c1. The molecule has 1 rings (SSSR count). The molecule has 0 unspecified atom stereocenters. The lowest BCUT2D eigenvalue weighted by molar-refractivity contribution is 0.217. The van der Waals surface area contributed by atoms with E-state index in [0.717, 1.165) is 4.47 Å². The molecule has 3 N–H and O–H groups in total. The molecule has 0 saturated carbocycles. The third-order valence-electron chi connectivity index (χ3n) is 2.30. The van der Waals surface area contributed by atoms with E-state index in [2.05, 4.69) is 21.2 Å². The number of halogens is 1. The highest BCUT2D eigenvalue weighted by molar-refractivity contribution is 9.10. The maximum Gasteiger partial charge on any atom is 0.321 e. The minimum Gasteiger partial charge on any atom is -0.398 e. The Bertz CT molecular complexity index is 377. The molecule has 0 spiro atoms. The van der Waals surface area contributed by atoms with Gasteiger partial charge in [0.2, 0.25) is 0 Å². The molecule has 2 amide bonds. The summed E-state index contributed by atoms with van der Waals surface area (Å²) in [4.78, 5) is 13.4. The van der Waals surface area contributed by atoms with Crippen LogP contribution in [0.3, 0.4) is 0 Å². The third-order valence-corrected chi connectivity index (χ3v) is 3.02. The van der Waals surface area contributed by atoms with E-state index in [1.807, 2.05) is 26.0 Å². The number of nitrogens with zero attached hydrogens (tertiary/aromatic N) is 1. The lowest BCUT2D eigenvalue weighted by Crippen LogP contribution is -2.34. The van der Waals surface area contributed by atoms with Crippen molar-refractivity contribution in [2.45, 2.75) is 13.8 Å². The largest absolute Gasteiger partial charge is 0.398 e. The minimum atomic E-state index is -0.105. The number of benzene rings is 1. The van der Waals surface area contributed by atoms with Crippen molar-refractivity contribution in [1.29, 1.82) is 0 Å². The van der Waals surface area contributed by atoms with Crippen LogP contribution in [0, 0.1) is 0 Å². The van der Waals surface area contributed by atoms with Gasteiger partial charge in [0, 0.05) is 28.9 Å². The van der Waals surface area contributed by atoms with Crippen LogP contribution in [0.1, 0.15) is 13.8 Å². The molecular formula is C11H16BrN3O. The molecule has 0 atom stereocenters. The first-order valence-corrected chi connectivity index (χ1v) is 5.98. The summed E-state index contributed by atoms with van der Waals surface area (Å²) < 4.78 is 0.827. The van der Waals surface area contributed by atoms with Crippen molar-refractivity contribution in [2.24, 2.45) is 0 Å². The average molecular weight is 286 g/mol. The van der Waals surface area contributed by atoms with Gasteiger partial charge in [-0.15, -0.1) is 0 Å². The summed E-state index contributed by atoms with van der Waals surface area (Å²) in [5.74, 6) is 0. The Kier molecular flexibility index (Phi) is 4.61. The second kappa shape index (κ2) is 5.75. The predicted molar refractivity (Wildman–Crippen MR) is 70.5 cm³/mol. The quantitative estimate of drug-likeness (QED) is 0.839. The van der Waals surface area contributed by atoms with E-state index in [4.69, 9.17) is 5.73 Å². The molecule has 0 heterocycles. The second-order valence-electron chi connectivity index (χ2n) is 3.34. The Hall–Kier alpha value is -1.23. The maximum atomic E-state index is 11.7. The van der Waals surface area contributed by atoms with E-state index in [1.54, 1.807) is 11.0 Å². The highest BCUT2D eigenvalue weighted by Crippen LogP contribution is 2.23. The molecule has 0 aliphatic heterocycles. The molecule has 0 aliphatic rings. The summed E-state index contributed by atoms with van der Waals surface area (Å²) in [6.07, 6.45) is 0. The first-order chi connectivity index (χ1) is 7.58. The number of nitrogens with two attached hydrogens (primary N) is 1.